The number of aryl methyl sites for hydroxylation is 1. The molecule has 0 radical (unpaired) electrons. The van der Waals surface area contributed by atoms with E-state index >= 15 is 0 Å². The van der Waals surface area contributed by atoms with Gasteiger partial charge in [0.25, 0.3) is 0 Å². The molecular formula is C13H15F3N2O3S. The van der Waals surface area contributed by atoms with Gasteiger partial charge in [0.15, 0.2) is 0 Å². The predicted molar refractivity (Wildman–Crippen MR) is 72.2 cm³/mol. The molecule has 0 aliphatic carbocycles. The van der Waals surface area contributed by atoms with Crippen LogP contribution in [0.1, 0.15) is 5.56 Å². The minimum atomic E-state index is -4.68. The molecule has 0 bridgehead atoms. The fraction of sp³-hybridized carbons (Fsp3) is 0.462. The van der Waals surface area contributed by atoms with Crippen molar-refractivity contribution in [3.8, 4) is 0 Å². The molecule has 1 aliphatic heterocycles. The number of carbonyl (C=O) groups excluding carboxylic acids is 1. The minimum absolute atomic E-state index is 0.107. The van der Waals surface area contributed by atoms with E-state index in [0.29, 0.717) is 4.31 Å². The highest BCUT2D eigenvalue weighted by atomic mass is 32.2. The normalized spacial score (nSPS) is 23.6. The number of primary amides is 1. The number of alkyl halides is 3. The van der Waals surface area contributed by atoms with Crippen molar-refractivity contribution in [3.05, 3.63) is 29.8 Å². The number of hydrogen-bond acceptors (Lipinski definition) is 3. The first-order valence-corrected chi connectivity index (χ1v) is 7.90. The fourth-order valence-corrected chi connectivity index (χ4v) is 3.94. The zero-order valence-electron chi connectivity index (χ0n) is 11.7. The molecule has 122 valence electrons. The quantitative estimate of drug-likeness (QED) is 0.903. The number of sulfonamides is 1. The summed E-state index contributed by atoms with van der Waals surface area (Å²) in [6.45, 7) is 0.401. The van der Waals surface area contributed by atoms with Gasteiger partial charge in [-0.05, 0) is 19.1 Å². The molecule has 0 aromatic heterocycles. The molecule has 1 saturated heterocycles. The standard InChI is InChI=1S/C13H15F3N2O3S/c1-8-2-4-9(5-3-8)22(20,21)18-6-10(12(17)19)11(7-18)13(14,15)16/h2-5,10-11H,6-7H2,1H3,(H2,17,19)/t10-,11-/m1/s1. The van der Waals surface area contributed by atoms with Gasteiger partial charge in [-0.15, -0.1) is 0 Å². The number of rotatable bonds is 3. The van der Waals surface area contributed by atoms with E-state index in [4.69, 9.17) is 5.73 Å². The lowest BCUT2D eigenvalue weighted by Gasteiger charge is -2.18. The molecule has 2 rings (SSSR count). The molecule has 0 saturated carbocycles. The summed E-state index contributed by atoms with van der Waals surface area (Å²) in [5.41, 5.74) is 5.81. The Morgan fingerprint density at radius 2 is 1.77 bits per heavy atom. The Kier molecular flexibility index (Phi) is 4.22. The monoisotopic (exact) mass is 336 g/mol. The summed E-state index contributed by atoms with van der Waals surface area (Å²) in [4.78, 5) is 11.1. The second-order valence-corrected chi connectivity index (χ2v) is 7.23. The van der Waals surface area contributed by atoms with Gasteiger partial charge in [-0.3, -0.25) is 4.79 Å². The lowest BCUT2D eigenvalue weighted by atomic mass is 9.95. The molecule has 0 unspecified atom stereocenters. The van der Waals surface area contributed by atoms with Crippen molar-refractivity contribution in [2.24, 2.45) is 17.6 Å². The van der Waals surface area contributed by atoms with Crippen molar-refractivity contribution in [2.75, 3.05) is 13.1 Å². The van der Waals surface area contributed by atoms with Crippen molar-refractivity contribution < 1.29 is 26.4 Å². The summed E-state index contributed by atoms with van der Waals surface area (Å²) in [7, 11) is -4.09. The molecule has 22 heavy (non-hydrogen) atoms. The van der Waals surface area contributed by atoms with Gasteiger partial charge in [0.05, 0.1) is 16.7 Å². The average Bonchev–Trinajstić information content (AvgIpc) is 2.85. The van der Waals surface area contributed by atoms with E-state index in [1.165, 1.54) is 12.1 Å². The highest BCUT2D eigenvalue weighted by Gasteiger charge is 2.54. The second kappa shape index (κ2) is 5.54. The molecule has 2 atom stereocenters. The van der Waals surface area contributed by atoms with Crippen molar-refractivity contribution in [2.45, 2.75) is 18.0 Å². The molecule has 9 heteroatoms. The molecule has 1 fully saturated rings. The maximum atomic E-state index is 13.0. The molecule has 1 aromatic rings. The third kappa shape index (κ3) is 3.09. The molecule has 1 amide bonds. The maximum Gasteiger partial charge on any atom is 0.393 e. The van der Waals surface area contributed by atoms with Crippen molar-refractivity contribution in [3.63, 3.8) is 0 Å². The molecule has 2 N–H and O–H groups in total. The number of nitrogens with zero attached hydrogens (tertiary/aromatic N) is 1. The van der Waals surface area contributed by atoms with Crippen LogP contribution in [-0.2, 0) is 14.8 Å². The third-order valence-electron chi connectivity index (χ3n) is 3.73. The maximum absolute atomic E-state index is 13.0. The van der Waals surface area contributed by atoms with E-state index < -0.39 is 47.0 Å². The van der Waals surface area contributed by atoms with Crippen LogP contribution in [0.5, 0.6) is 0 Å². The summed E-state index contributed by atoms with van der Waals surface area (Å²) in [5.74, 6) is -4.80. The first-order valence-electron chi connectivity index (χ1n) is 6.46. The number of hydrogen-bond donors (Lipinski definition) is 1. The van der Waals surface area contributed by atoms with Gasteiger partial charge in [0.1, 0.15) is 0 Å². The molecule has 0 spiro atoms. The van der Waals surface area contributed by atoms with Crippen LogP contribution in [0.25, 0.3) is 0 Å². The van der Waals surface area contributed by atoms with Gasteiger partial charge in [-0.1, -0.05) is 17.7 Å². The van der Waals surface area contributed by atoms with Crippen LogP contribution < -0.4 is 5.73 Å². The Morgan fingerprint density at radius 1 is 1.23 bits per heavy atom. The number of nitrogens with two attached hydrogens (primary N) is 1. The molecule has 1 heterocycles. The molecular weight excluding hydrogens is 321 g/mol. The van der Waals surface area contributed by atoms with Gasteiger partial charge < -0.3 is 5.73 Å². The van der Waals surface area contributed by atoms with Gasteiger partial charge in [0.2, 0.25) is 15.9 Å². The van der Waals surface area contributed by atoms with Gasteiger partial charge in [-0.25, -0.2) is 8.42 Å². The van der Waals surface area contributed by atoms with Crippen molar-refractivity contribution in [1.82, 2.24) is 4.31 Å². The van der Waals surface area contributed by atoms with E-state index in [1.807, 2.05) is 0 Å². The van der Waals surface area contributed by atoms with Crippen LogP contribution in [0.3, 0.4) is 0 Å². The van der Waals surface area contributed by atoms with Crippen LogP contribution in [0.2, 0.25) is 0 Å². The van der Waals surface area contributed by atoms with Crippen LogP contribution in [0.4, 0.5) is 13.2 Å². The summed E-state index contributed by atoms with van der Waals surface area (Å²) in [6.07, 6.45) is -4.68. The van der Waals surface area contributed by atoms with Crippen molar-refractivity contribution >= 4 is 15.9 Å². The van der Waals surface area contributed by atoms with Crippen LogP contribution in [-0.4, -0.2) is 37.9 Å². The Balaban J connectivity index is 2.33. The first-order chi connectivity index (χ1) is 10.0. The number of benzene rings is 1. The van der Waals surface area contributed by atoms with Gasteiger partial charge in [0, 0.05) is 13.1 Å². The summed E-state index contributed by atoms with van der Waals surface area (Å²) in [5, 5.41) is 0. The Morgan fingerprint density at radius 3 is 2.18 bits per heavy atom. The summed E-state index contributed by atoms with van der Waals surface area (Å²) < 4.78 is 64.3. The first kappa shape index (κ1) is 16.8. The van der Waals surface area contributed by atoms with E-state index in [2.05, 4.69) is 0 Å². The third-order valence-corrected chi connectivity index (χ3v) is 5.58. The largest absolute Gasteiger partial charge is 0.393 e. The summed E-state index contributed by atoms with van der Waals surface area (Å²) >= 11 is 0. The number of amides is 1. The molecule has 5 nitrogen and oxygen atoms in total. The SMILES string of the molecule is Cc1ccc(S(=O)(=O)N2C[C@@H](C(F)(F)F)[C@H](C(N)=O)C2)cc1. The zero-order valence-corrected chi connectivity index (χ0v) is 12.5. The smallest absolute Gasteiger partial charge is 0.369 e. The molecule has 1 aromatic carbocycles. The Labute approximate surface area is 125 Å². The Hall–Kier alpha value is -1.61. The second-order valence-electron chi connectivity index (χ2n) is 5.29. The summed E-state index contributed by atoms with van der Waals surface area (Å²) in [6, 6.07) is 5.75. The topological polar surface area (TPSA) is 80.5 Å². The minimum Gasteiger partial charge on any atom is -0.369 e. The highest BCUT2D eigenvalue weighted by molar-refractivity contribution is 7.89. The van der Waals surface area contributed by atoms with Gasteiger partial charge in [-0.2, -0.15) is 17.5 Å². The van der Waals surface area contributed by atoms with E-state index in [9.17, 15) is 26.4 Å². The lowest BCUT2D eigenvalue weighted by molar-refractivity contribution is -0.182. The zero-order chi connectivity index (χ0) is 16.7. The number of halogens is 3. The molecule has 1 aliphatic rings. The van der Waals surface area contributed by atoms with Crippen molar-refractivity contribution in [1.29, 1.82) is 0 Å². The van der Waals surface area contributed by atoms with Gasteiger partial charge >= 0.3 is 6.18 Å². The highest BCUT2D eigenvalue weighted by Crippen LogP contribution is 2.39. The van der Waals surface area contributed by atoms with Crippen LogP contribution >= 0.6 is 0 Å². The number of carbonyl (C=O) groups is 1. The Bertz CT molecular complexity index is 671. The lowest BCUT2D eigenvalue weighted by Crippen LogP contribution is -2.37. The van der Waals surface area contributed by atoms with Crippen LogP contribution in [0.15, 0.2) is 29.2 Å². The fourth-order valence-electron chi connectivity index (χ4n) is 2.44. The van der Waals surface area contributed by atoms with E-state index in [-0.39, 0.29) is 4.90 Å². The van der Waals surface area contributed by atoms with E-state index in [1.54, 1.807) is 19.1 Å². The van der Waals surface area contributed by atoms with E-state index in [0.717, 1.165) is 5.56 Å². The predicted octanol–water partition coefficient (Wildman–Crippen LogP) is 1.28. The average molecular weight is 336 g/mol. The van der Waals surface area contributed by atoms with Crippen LogP contribution in [0, 0.1) is 18.8 Å².